The third kappa shape index (κ3) is 4.67. The fraction of sp³-hybridized carbons (Fsp3) is 0.105. The average Bonchev–Trinajstić information content (AvgIpc) is 2.63. The first-order valence-electron chi connectivity index (χ1n) is 8.12. The van der Waals surface area contributed by atoms with Crippen LogP contribution in [0.3, 0.4) is 0 Å². The fourth-order valence-electron chi connectivity index (χ4n) is 2.46. The molecule has 0 atom stereocenters. The van der Waals surface area contributed by atoms with Crippen LogP contribution in [0.15, 0.2) is 58.5 Å². The Hall–Kier alpha value is -2.48. The van der Waals surface area contributed by atoms with E-state index in [0.717, 1.165) is 23.4 Å². The van der Waals surface area contributed by atoms with Gasteiger partial charge >= 0.3 is 0 Å². The second kappa shape index (κ2) is 8.68. The second-order valence-electron chi connectivity index (χ2n) is 5.80. The lowest BCUT2D eigenvalue weighted by Gasteiger charge is -2.13. The van der Waals surface area contributed by atoms with Gasteiger partial charge < -0.3 is 10.4 Å². The molecule has 1 aromatic heterocycles. The summed E-state index contributed by atoms with van der Waals surface area (Å²) in [4.78, 5) is 28.7. The predicted octanol–water partition coefficient (Wildman–Crippen LogP) is 4.28. The van der Waals surface area contributed by atoms with Crippen molar-refractivity contribution in [3.8, 4) is 11.6 Å². The Kier molecular flexibility index (Phi) is 6.28. The molecule has 144 valence electrons. The number of amides is 1. The number of rotatable bonds is 5. The molecule has 0 radical (unpaired) electrons. The molecular formula is C19H15Cl2N3O3S. The van der Waals surface area contributed by atoms with E-state index in [1.165, 1.54) is 4.57 Å². The number of hydrogen-bond donors (Lipinski definition) is 2. The fourth-order valence-corrected chi connectivity index (χ4v) is 3.63. The molecule has 2 N–H and O–H groups in total. The molecule has 2 aromatic carbocycles. The number of thioether (sulfide) groups is 1. The first kappa shape index (κ1) is 20.3. The SMILES string of the molecule is Cc1c(Cl)cccc1NC(=O)CSc1nc(O)cc(=O)n1-c1cccc(Cl)c1. The summed E-state index contributed by atoms with van der Waals surface area (Å²) in [5.41, 5.74) is 1.37. The maximum absolute atomic E-state index is 12.4. The Morgan fingerprint density at radius 3 is 2.71 bits per heavy atom. The van der Waals surface area contributed by atoms with Gasteiger partial charge in [-0.1, -0.05) is 47.1 Å². The van der Waals surface area contributed by atoms with Crippen molar-refractivity contribution in [2.24, 2.45) is 0 Å². The van der Waals surface area contributed by atoms with E-state index in [1.807, 2.05) is 0 Å². The predicted molar refractivity (Wildman–Crippen MR) is 112 cm³/mol. The minimum absolute atomic E-state index is 0.0254. The number of halogens is 2. The van der Waals surface area contributed by atoms with Gasteiger partial charge in [-0.05, 0) is 42.8 Å². The third-order valence-corrected chi connectivity index (χ3v) is 5.40. The van der Waals surface area contributed by atoms with Gasteiger partial charge in [0, 0.05) is 15.7 Å². The van der Waals surface area contributed by atoms with Gasteiger partial charge in [0.05, 0.1) is 17.5 Å². The maximum atomic E-state index is 12.4. The number of anilines is 1. The number of aromatic hydroxyl groups is 1. The zero-order valence-electron chi connectivity index (χ0n) is 14.6. The van der Waals surface area contributed by atoms with Crippen molar-refractivity contribution in [1.29, 1.82) is 0 Å². The highest BCUT2D eigenvalue weighted by atomic mass is 35.5. The molecule has 1 heterocycles. The molecule has 3 aromatic rings. The van der Waals surface area contributed by atoms with E-state index in [4.69, 9.17) is 23.2 Å². The molecule has 0 bridgehead atoms. The number of carbonyl (C=O) groups is 1. The van der Waals surface area contributed by atoms with Crippen LogP contribution in [0, 0.1) is 6.92 Å². The standard InChI is InChI=1S/C19H15Cl2N3O3S/c1-11-14(21)6-3-7-15(11)22-17(26)10-28-19-23-16(25)9-18(27)24(19)13-5-2-4-12(20)8-13/h2-9,25H,10H2,1H3,(H,22,26). The van der Waals surface area contributed by atoms with E-state index in [9.17, 15) is 14.7 Å². The van der Waals surface area contributed by atoms with Gasteiger partial charge in [0.15, 0.2) is 5.16 Å². The summed E-state index contributed by atoms with van der Waals surface area (Å²) in [6, 6.07) is 12.9. The summed E-state index contributed by atoms with van der Waals surface area (Å²) in [5.74, 6) is -0.745. The molecule has 1 amide bonds. The number of nitrogens with one attached hydrogen (secondary N) is 1. The summed E-state index contributed by atoms with van der Waals surface area (Å²) in [6.45, 7) is 1.80. The van der Waals surface area contributed by atoms with Crippen LogP contribution in [-0.4, -0.2) is 26.3 Å². The van der Waals surface area contributed by atoms with Gasteiger partial charge in [0.2, 0.25) is 11.8 Å². The number of nitrogens with zero attached hydrogens (tertiary/aromatic N) is 2. The molecule has 9 heteroatoms. The van der Waals surface area contributed by atoms with Crippen LogP contribution in [0.25, 0.3) is 5.69 Å². The molecule has 28 heavy (non-hydrogen) atoms. The topological polar surface area (TPSA) is 84.2 Å². The van der Waals surface area contributed by atoms with E-state index in [-0.39, 0.29) is 16.8 Å². The molecule has 0 unspecified atom stereocenters. The molecule has 0 fully saturated rings. The maximum Gasteiger partial charge on any atom is 0.262 e. The van der Waals surface area contributed by atoms with E-state index in [0.29, 0.717) is 21.4 Å². The third-order valence-electron chi connectivity index (χ3n) is 3.81. The van der Waals surface area contributed by atoms with Crippen LogP contribution in [0.1, 0.15) is 5.56 Å². The van der Waals surface area contributed by atoms with Crippen LogP contribution in [-0.2, 0) is 4.79 Å². The van der Waals surface area contributed by atoms with E-state index < -0.39 is 11.4 Å². The molecule has 0 saturated carbocycles. The van der Waals surface area contributed by atoms with E-state index >= 15 is 0 Å². The largest absolute Gasteiger partial charge is 0.493 e. The van der Waals surface area contributed by atoms with Crippen LogP contribution in [0.2, 0.25) is 10.0 Å². The van der Waals surface area contributed by atoms with Gasteiger partial charge in [-0.25, -0.2) is 0 Å². The van der Waals surface area contributed by atoms with Crippen LogP contribution in [0.4, 0.5) is 5.69 Å². The summed E-state index contributed by atoms with van der Waals surface area (Å²) < 4.78 is 1.29. The van der Waals surface area contributed by atoms with Gasteiger partial charge in [-0.3, -0.25) is 14.2 Å². The summed E-state index contributed by atoms with van der Waals surface area (Å²) in [7, 11) is 0. The van der Waals surface area contributed by atoms with E-state index in [2.05, 4.69) is 10.3 Å². The van der Waals surface area contributed by atoms with Gasteiger partial charge in [0.1, 0.15) is 0 Å². The summed E-state index contributed by atoms with van der Waals surface area (Å²) in [6.07, 6.45) is 0. The first-order valence-corrected chi connectivity index (χ1v) is 9.86. The lowest BCUT2D eigenvalue weighted by molar-refractivity contribution is -0.113. The van der Waals surface area contributed by atoms with Crippen molar-refractivity contribution in [1.82, 2.24) is 9.55 Å². The summed E-state index contributed by atoms with van der Waals surface area (Å²) >= 11 is 13.1. The van der Waals surface area contributed by atoms with Crippen LogP contribution < -0.4 is 10.9 Å². The molecule has 0 spiro atoms. The monoisotopic (exact) mass is 435 g/mol. The quantitative estimate of drug-likeness (QED) is 0.461. The number of aromatic nitrogens is 2. The van der Waals surface area contributed by atoms with Crippen molar-refractivity contribution in [3.63, 3.8) is 0 Å². The van der Waals surface area contributed by atoms with Crippen molar-refractivity contribution in [3.05, 3.63) is 74.5 Å². The Morgan fingerprint density at radius 1 is 1.21 bits per heavy atom. The number of carbonyl (C=O) groups excluding carboxylic acids is 1. The second-order valence-corrected chi connectivity index (χ2v) is 7.59. The Bertz CT molecular complexity index is 1100. The average molecular weight is 436 g/mol. The molecular weight excluding hydrogens is 421 g/mol. The van der Waals surface area contributed by atoms with Gasteiger partial charge in [-0.2, -0.15) is 4.98 Å². The molecule has 0 aliphatic carbocycles. The highest BCUT2D eigenvalue weighted by Crippen LogP contribution is 2.25. The van der Waals surface area contributed by atoms with Crippen molar-refractivity contribution >= 4 is 46.6 Å². The van der Waals surface area contributed by atoms with Gasteiger partial charge in [0.25, 0.3) is 5.56 Å². The Morgan fingerprint density at radius 2 is 1.96 bits per heavy atom. The normalized spacial score (nSPS) is 10.7. The highest BCUT2D eigenvalue weighted by Gasteiger charge is 2.14. The van der Waals surface area contributed by atoms with Crippen LogP contribution >= 0.6 is 35.0 Å². The molecule has 0 aliphatic heterocycles. The smallest absolute Gasteiger partial charge is 0.262 e. The molecule has 6 nitrogen and oxygen atoms in total. The van der Waals surface area contributed by atoms with Crippen molar-refractivity contribution < 1.29 is 9.90 Å². The van der Waals surface area contributed by atoms with Crippen LogP contribution in [0.5, 0.6) is 5.88 Å². The highest BCUT2D eigenvalue weighted by molar-refractivity contribution is 7.99. The summed E-state index contributed by atoms with van der Waals surface area (Å²) in [5, 5.41) is 13.7. The minimum Gasteiger partial charge on any atom is -0.493 e. The first-order chi connectivity index (χ1) is 13.3. The molecule has 0 saturated heterocycles. The molecule has 0 aliphatic rings. The zero-order valence-corrected chi connectivity index (χ0v) is 17.0. The number of benzene rings is 2. The Labute approximate surface area is 175 Å². The molecule has 3 rings (SSSR count). The van der Waals surface area contributed by atoms with E-state index in [1.54, 1.807) is 49.4 Å². The van der Waals surface area contributed by atoms with Crippen molar-refractivity contribution in [2.75, 3.05) is 11.1 Å². The minimum atomic E-state index is -0.483. The van der Waals surface area contributed by atoms with Crippen molar-refractivity contribution in [2.45, 2.75) is 12.1 Å². The van der Waals surface area contributed by atoms with Gasteiger partial charge in [-0.15, -0.1) is 0 Å². The lowest BCUT2D eigenvalue weighted by atomic mass is 10.2. The Balaban J connectivity index is 1.83. The zero-order chi connectivity index (χ0) is 20.3. The number of hydrogen-bond acceptors (Lipinski definition) is 5. The lowest BCUT2D eigenvalue weighted by Crippen LogP contribution is -2.21.